The van der Waals surface area contributed by atoms with Crippen LogP contribution in [0, 0.1) is 5.82 Å². The lowest BCUT2D eigenvalue weighted by Crippen LogP contribution is -2.47. The number of halogens is 1. The molecule has 2 aromatic carbocycles. The average molecular weight is 469 g/mol. The summed E-state index contributed by atoms with van der Waals surface area (Å²) in [6, 6.07) is 7.78. The molecule has 1 aliphatic heterocycles. The summed E-state index contributed by atoms with van der Waals surface area (Å²) in [5, 5.41) is 2.87. The fourth-order valence-electron chi connectivity index (χ4n) is 5.00. The van der Waals surface area contributed by atoms with Crippen LogP contribution in [0.25, 0.3) is 0 Å². The SMILES string of the molecule is COc1ccc2c(c1)CCN(C(=O)OC(C)(C)C)C2C(=O)Nc1cc(F)c2c(c1)CCC2(C)C. The van der Waals surface area contributed by atoms with E-state index < -0.39 is 23.6 Å². The number of carbonyl (C=O) groups excluding carboxylic acids is 2. The predicted octanol–water partition coefficient (Wildman–Crippen LogP) is 5.53. The van der Waals surface area contributed by atoms with Gasteiger partial charge in [0.2, 0.25) is 0 Å². The van der Waals surface area contributed by atoms with Crippen molar-refractivity contribution in [1.82, 2.24) is 4.90 Å². The molecule has 1 N–H and O–H groups in total. The third kappa shape index (κ3) is 4.61. The highest BCUT2D eigenvalue weighted by molar-refractivity contribution is 5.98. The Labute approximate surface area is 200 Å². The van der Waals surface area contributed by atoms with E-state index in [2.05, 4.69) is 5.32 Å². The van der Waals surface area contributed by atoms with Crippen molar-refractivity contribution in [3.63, 3.8) is 0 Å². The molecule has 0 saturated carbocycles. The Morgan fingerprint density at radius 1 is 1.12 bits per heavy atom. The van der Waals surface area contributed by atoms with E-state index in [1.54, 1.807) is 40.0 Å². The van der Waals surface area contributed by atoms with E-state index in [-0.39, 0.29) is 11.2 Å². The van der Waals surface area contributed by atoms with Gasteiger partial charge < -0.3 is 14.8 Å². The monoisotopic (exact) mass is 468 g/mol. The summed E-state index contributed by atoms with van der Waals surface area (Å²) >= 11 is 0. The number of hydrogen-bond acceptors (Lipinski definition) is 4. The molecule has 0 aromatic heterocycles. The summed E-state index contributed by atoms with van der Waals surface area (Å²) in [5.74, 6) is -0.0337. The highest BCUT2D eigenvalue weighted by Gasteiger charge is 2.39. The molecule has 1 aliphatic carbocycles. The molecule has 0 fully saturated rings. The minimum absolute atomic E-state index is 0.225. The van der Waals surface area contributed by atoms with Crippen molar-refractivity contribution in [3.05, 3.63) is 58.4 Å². The Kier molecular flexibility index (Phi) is 6.08. The van der Waals surface area contributed by atoms with E-state index in [4.69, 9.17) is 9.47 Å². The second kappa shape index (κ2) is 8.60. The van der Waals surface area contributed by atoms with Crippen molar-refractivity contribution < 1.29 is 23.5 Å². The average Bonchev–Trinajstić information content (AvgIpc) is 3.05. The summed E-state index contributed by atoms with van der Waals surface area (Å²) in [5.41, 5.74) is 2.74. The smallest absolute Gasteiger partial charge is 0.411 e. The van der Waals surface area contributed by atoms with E-state index in [9.17, 15) is 9.59 Å². The Morgan fingerprint density at radius 3 is 2.53 bits per heavy atom. The number of rotatable bonds is 3. The van der Waals surface area contributed by atoms with Gasteiger partial charge in [0.1, 0.15) is 23.2 Å². The van der Waals surface area contributed by atoms with Crippen LogP contribution in [0.5, 0.6) is 5.75 Å². The molecule has 7 heteroatoms. The van der Waals surface area contributed by atoms with Gasteiger partial charge in [-0.25, -0.2) is 9.18 Å². The molecule has 0 saturated heterocycles. The van der Waals surface area contributed by atoms with Gasteiger partial charge in [-0.15, -0.1) is 0 Å². The number of aryl methyl sites for hydroxylation is 1. The number of nitrogens with one attached hydrogen (secondary N) is 1. The van der Waals surface area contributed by atoms with E-state index in [1.165, 1.54) is 11.0 Å². The summed E-state index contributed by atoms with van der Waals surface area (Å²) in [7, 11) is 1.59. The van der Waals surface area contributed by atoms with Crippen LogP contribution in [-0.2, 0) is 27.8 Å². The number of benzene rings is 2. The molecule has 2 aliphatic rings. The molecule has 0 bridgehead atoms. The zero-order valence-electron chi connectivity index (χ0n) is 20.8. The summed E-state index contributed by atoms with van der Waals surface area (Å²) in [6.07, 6.45) is 1.63. The standard InChI is InChI=1S/C27H33FN2O4/c1-26(2,3)34-25(32)30-12-10-16-14-19(33-6)7-8-20(16)23(30)24(31)29-18-13-17-9-11-27(4,5)22(17)21(28)15-18/h7-8,13-15,23H,9-12H2,1-6H3,(H,29,31). The molecule has 1 unspecified atom stereocenters. The molecular weight excluding hydrogens is 435 g/mol. The van der Waals surface area contributed by atoms with E-state index in [0.29, 0.717) is 30.0 Å². The maximum Gasteiger partial charge on any atom is 0.411 e. The number of anilines is 1. The van der Waals surface area contributed by atoms with Crippen molar-refractivity contribution in [3.8, 4) is 5.75 Å². The number of methoxy groups -OCH3 is 1. The van der Waals surface area contributed by atoms with E-state index in [1.807, 2.05) is 26.0 Å². The Bertz CT molecular complexity index is 1140. The number of carbonyl (C=O) groups is 2. The second-order valence-electron chi connectivity index (χ2n) is 10.8. The van der Waals surface area contributed by atoms with Gasteiger partial charge in [-0.2, -0.15) is 0 Å². The number of hydrogen-bond donors (Lipinski definition) is 1. The first-order valence-corrected chi connectivity index (χ1v) is 11.7. The van der Waals surface area contributed by atoms with Crippen molar-refractivity contribution in [1.29, 1.82) is 0 Å². The maximum absolute atomic E-state index is 15.0. The first-order valence-electron chi connectivity index (χ1n) is 11.7. The van der Waals surface area contributed by atoms with Crippen molar-refractivity contribution in [2.75, 3.05) is 19.0 Å². The first kappa shape index (κ1) is 24.0. The topological polar surface area (TPSA) is 67.9 Å². The highest BCUT2D eigenvalue weighted by Crippen LogP contribution is 2.41. The van der Waals surface area contributed by atoms with Crippen molar-refractivity contribution >= 4 is 17.7 Å². The number of amides is 2. The van der Waals surface area contributed by atoms with E-state index in [0.717, 1.165) is 29.5 Å². The minimum atomic E-state index is -0.905. The molecular formula is C27H33FN2O4. The largest absolute Gasteiger partial charge is 0.497 e. The van der Waals surface area contributed by atoms with Gasteiger partial charge >= 0.3 is 6.09 Å². The lowest BCUT2D eigenvalue weighted by molar-refractivity contribution is -0.121. The van der Waals surface area contributed by atoms with Crippen LogP contribution in [-0.4, -0.2) is 36.2 Å². The van der Waals surface area contributed by atoms with Gasteiger partial charge in [0.15, 0.2) is 0 Å². The van der Waals surface area contributed by atoms with Crippen LogP contribution in [0.4, 0.5) is 14.9 Å². The maximum atomic E-state index is 15.0. The molecule has 2 aromatic rings. The number of ether oxygens (including phenoxy) is 2. The zero-order chi connectivity index (χ0) is 24.8. The second-order valence-corrected chi connectivity index (χ2v) is 10.8. The van der Waals surface area contributed by atoms with Crippen molar-refractivity contribution in [2.24, 2.45) is 0 Å². The molecule has 0 spiro atoms. The molecule has 1 heterocycles. The number of nitrogens with zero attached hydrogens (tertiary/aromatic N) is 1. The molecule has 34 heavy (non-hydrogen) atoms. The van der Waals surface area contributed by atoms with Gasteiger partial charge in [0, 0.05) is 12.2 Å². The highest BCUT2D eigenvalue weighted by atomic mass is 19.1. The Balaban J connectivity index is 1.68. The molecule has 6 nitrogen and oxygen atoms in total. The first-order chi connectivity index (χ1) is 15.9. The van der Waals surface area contributed by atoms with Crippen LogP contribution in [0.3, 0.4) is 0 Å². The van der Waals surface area contributed by atoms with Crippen LogP contribution in [0.1, 0.15) is 69.3 Å². The summed E-state index contributed by atoms with van der Waals surface area (Å²) < 4.78 is 25.9. The van der Waals surface area contributed by atoms with Crippen LogP contribution in [0.15, 0.2) is 30.3 Å². The summed E-state index contributed by atoms with van der Waals surface area (Å²) in [6.45, 7) is 9.75. The Morgan fingerprint density at radius 2 is 1.85 bits per heavy atom. The van der Waals surface area contributed by atoms with Gasteiger partial charge in [0.05, 0.1) is 7.11 Å². The number of fused-ring (bicyclic) bond motifs is 2. The van der Waals surface area contributed by atoms with E-state index >= 15 is 4.39 Å². The van der Waals surface area contributed by atoms with Gasteiger partial charge in [-0.05, 0) is 92.0 Å². The van der Waals surface area contributed by atoms with Gasteiger partial charge in [0.25, 0.3) is 5.91 Å². The van der Waals surface area contributed by atoms with Gasteiger partial charge in [-0.3, -0.25) is 9.69 Å². The lowest BCUT2D eigenvalue weighted by atomic mass is 9.86. The third-order valence-corrected chi connectivity index (χ3v) is 6.59. The Hall–Kier alpha value is -3.09. The lowest BCUT2D eigenvalue weighted by Gasteiger charge is -2.37. The van der Waals surface area contributed by atoms with Crippen LogP contribution >= 0.6 is 0 Å². The normalized spacial score (nSPS) is 18.7. The van der Waals surface area contributed by atoms with Gasteiger partial charge in [-0.1, -0.05) is 19.9 Å². The third-order valence-electron chi connectivity index (χ3n) is 6.59. The fourth-order valence-corrected chi connectivity index (χ4v) is 5.00. The fraction of sp³-hybridized carbons (Fsp3) is 0.481. The molecule has 1 atom stereocenters. The minimum Gasteiger partial charge on any atom is -0.497 e. The summed E-state index contributed by atoms with van der Waals surface area (Å²) in [4.78, 5) is 28.1. The molecule has 182 valence electrons. The van der Waals surface area contributed by atoms with Crippen LogP contribution in [0.2, 0.25) is 0 Å². The molecule has 2 amide bonds. The molecule has 4 rings (SSSR count). The quantitative estimate of drug-likeness (QED) is 0.643. The predicted molar refractivity (Wildman–Crippen MR) is 129 cm³/mol. The zero-order valence-corrected chi connectivity index (χ0v) is 20.8. The van der Waals surface area contributed by atoms with Crippen LogP contribution < -0.4 is 10.1 Å². The molecule has 0 radical (unpaired) electrons. The van der Waals surface area contributed by atoms with Crippen molar-refractivity contribution in [2.45, 2.75) is 70.9 Å².